The SMILES string of the molecule is O=c1c(C=Nc2ccccc2)c2c(c(O)n1Cc1ccccc1)CCCC2. The molecule has 4 nitrogen and oxygen atoms in total. The molecule has 1 aliphatic rings. The highest BCUT2D eigenvalue weighted by molar-refractivity contribution is 5.84. The highest BCUT2D eigenvalue weighted by atomic mass is 16.3. The molecular formula is C23H22N2O2. The molecule has 4 rings (SSSR count). The Morgan fingerprint density at radius 3 is 2.26 bits per heavy atom. The van der Waals surface area contributed by atoms with Gasteiger partial charge in [0.1, 0.15) is 0 Å². The largest absolute Gasteiger partial charge is 0.494 e. The lowest BCUT2D eigenvalue weighted by Gasteiger charge is -2.22. The van der Waals surface area contributed by atoms with Gasteiger partial charge in [0.2, 0.25) is 0 Å². The molecule has 0 unspecified atom stereocenters. The van der Waals surface area contributed by atoms with Crippen LogP contribution in [0.2, 0.25) is 0 Å². The van der Waals surface area contributed by atoms with Crippen LogP contribution in [-0.2, 0) is 19.4 Å². The van der Waals surface area contributed by atoms with E-state index in [1.165, 1.54) is 4.57 Å². The van der Waals surface area contributed by atoms with Crippen LogP contribution in [-0.4, -0.2) is 15.9 Å². The molecular weight excluding hydrogens is 336 g/mol. The zero-order chi connectivity index (χ0) is 18.6. The van der Waals surface area contributed by atoms with Gasteiger partial charge in [0.15, 0.2) is 5.88 Å². The lowest BCUT2D eigenvalue weighted by atomic mass is 9.89. The van der Waals surface area contributed by atoms with Gasteiger partial charge in [-0.25, -0.2) is 0 Å². The number of hydrogen-bond donors (Lipinski definition) is 1. The molecule has 27 heavy (non-hydrogen) atoms. The Bertz CT molecular complexity index is 1020. The van der Waals surface area contributed by atoms with Gasteiger partial charge in [-0.15, -0.1) is 0 Å². The van der Waals surface area contributed by atoms with Crippen molar-refractivity contribution in [2.45, 2.75) is 32.2 Å². The van der Waals surface area contributed by atoms with Crippen molar-refractivity contribution in [1.29, 1.82) is 0 Å². The monoisotopic (exact) mass is 358 g/mol. The second-order valence-electron chi connectivity index (χ2n) is 6.87. The molecule has 3 aromatic rings. The fourth-order valence-corrected chi connectivity index (χ4v) is 3.68. The summed E-state index contributed by atoms with van der Waals surface area (Å²) in [5, 5.41) is 10.8. The molecule has 0 bridgehead atoms. The molecule has 1 heterocycles. The van der Waals surface area contributed by atoms with Crippen molar-refractivity contribution < 1.29 is 5.11 Å². The van der Waals surface area contributed by atoms with Crippen LogP contribution in [0, 0.1) is 0 Å². The number of rotatable bonds is 4. The number of aromatic nitrogens is 1. The first-order chi connectivity index (χ1) is 13.2. The number of pyridine rings is 1. The average Bonchev–Trinajstić information content (AvgIpc) is 2.73. The van der Waals surface area contributed by atoms with E-state index < -0.39 is 0 Å². The minimum Gasteiger partial charge on any atom is -0.494 e. The van der Waals surface area contributed by atoms with E-state index in [1.807, 2.05) is 60.7 Å². The third-order valence-corrected chi connectivity index (χ3v) is 5.08. The minimum absolute atomic E-state index is 0.107. The first-order valence-electron chi connectivity index (χ1n) is 9.34. The zero-order valence-electron chi connectivity index (χ0n) is 15.1. The maximum atomic E-state index is 13.2. The molecule has 1 N–H and O–H groups in total. The van der Waals surface area contributed by atoms with E-state index in [9.17, 15) is 9.90 Å². The summed E-state index contributed by atoms with van der Waals surface area (Å²) in [6.07, 6.45) is 5.33. The van der Waals surface area contributed by atoms with Crippen LogP contribution in [0.15, 0.2) is 70.5 Å². The molecule has 0 saturated carbocycles. The van der Waals surface area contributed by atoms with Gasteiger partial charge in [-0.05, 0) is 48.9 Å². The molecule has 0 amide bonds. The van der Waals surface area contributed by atoms with Gasteiger partial charge in [0.05, 0.1) is 17.8 Å². The average molecular weight is 358 g/mol. The van der Waals surface area contributed by atoms with Gasteiger partial charge in [-0.2, -0.15) is 0 Å². The predicted octanol–water partition coefficient (Wildman–Crippen LogP) is 4.23. The maximum Gasteiger partial charge on any atom is 0.262 e. The van der Waals surface area contributed by atoms with Crippen molar-refractivity contribution >= 4 is 11.9 Å². The molecule has 0 fully saturated rings. The number of para-hydroxylation sites is 1. The van der Waals surface area contributed by atoms with Crippen LogP contribution >= 0.6 is 0 Å². The zero-order valence-corrected chi connectivity index (χ0v) is 15.1. The summed E-state index contributed by atoms with van der Waals surface area (Å²) in [4.78, 5) is 17.7. The summed E-state index contributed by atoms with van der Waals surface area (Å²) < 4.78 is 1.48. The molecule has 0 aliphatic heterocycles. The Labute approximate surface area is 158 Å². The third kappa shape index (κ3) is 3.56. The second-order valence-corrected chi connectivity index (χ2v) is 6.87. The van der Waals surface area contributed by atoms with E-state index in [1.54, 1.807) is 6.21 Å². The summed E-state index contributed by atoms with van der Waals surface area (Å²) in [7, 11) is 0. The molecule has 1 aliphatic carbocycles. The highest BCUT2D eigenvalue weighted by Gasteiger charge is 2.22. The van der Waals surface area contributed by atoms with Crippen molar-refractivity contribution in [1.82, 2.24) is 4.57 Å². The van der Waals surface area contributed by atoms with Gasteiger partial charge >= 0.3 is 0 Å². The lowest BCUT2D eigenvalue weighted by Crippen LogP contribution is -2.28. The quantitative estimate of drug-likeness (QED) is 0.710. The van der Waals surface area contributed by atoms with Crippen molar-refractivity contribution in [3.63, 3.8) is 0 Å². The van der Waals surface area contributed by atoms with Crippen LogP contribution in [0.4, 0.5) is 5.69 Å². The van der Waals surface area contributed by atoms with Crippen molar-refractivity contribution in [2.75, 3.05) is 0 Å². The fraction of sp³-hybridized carbons (Fsp3) is 0.217. The van der Waals surface area contributed by atoms with Gasteiger partial charge in [-0.3, -0.25) is 14.4 Å². The lowest BCUT2D eigenvalue weighted by molar-refractivity contribution is 0.402. The first-order valence-corrected chi connectivity index (χ1v) is 9.34. The Hall–Kier alpha value is -3.14. The normalized spacial score (nSPS) is 13.6. The van der Waals surface area contributed by atoms with Crippen molar-refractivity contribution in [3.05, 3.63) is 93.3 Å². The summed E-state index contributed by atoms with van der Waals surface area (Å²) in [6.45, 7) is 0.352. The number of benzene rings is 2. The molecule has 1 aromatic heterocycles. The fourth-order valence-electron chi connectivity index (χ4n) is 3.68. The number of hydrogen-bond acceptors (Lipinski definition) is 3. The van der Waals surface area contributed by atoms with Gasteiger partial charge in [0, 0.05) is 11.8 Å². The standard InChI is InChI=1S/C23H22N2O2/c26-22-20-14-8-7-13-19(20)21(15-24-18-11-5-2-6-12-18)23(27)25(22)16-17-9-3-1-4-10-17/h1-6,9-12,15,26H,7-8,13-14,16H2. The highest BCUT2D eigenvalue weighted by Crippen LogP contribution is 2.30. The molecule has 2 aromatic carbocycles. The minimum atomic E-state index is -0.184. The van der Waals surface area contributed by atoms with E-state index in [0.29, 0.717) is 12.1 Å². The van der Waals surface area contributed by atoms with Crippen LogP contribution in [0.5, 0.6) is 5.88 Å². The van der Waals surface area contributed by atoms with Crippen molar-refractivity contribution in [3.8, 4) is 5.88 Å². The van der Waals surface area contributed by atoms with E-state index in [2.05, 4.69) is 4.99 Å². The Morgan fingerprint density at radius 2 is 1.56 bits per heavy atom. The van der Waals surface area contributed by atoms with E-state index in [-0.39, 0.29) is 11.4 Å². The van der Waals surface area contributed by atoms with E-state index in [4.69, 9.17) is 0 Å². The number of aromatic hydroxyl groups is 1. The number of fused-ring (bicyclic) bond motifs is 1. The number of nitrogens with zero attached hydrogens (tertiary/aromatic N) is 2. The van der Waals surface area contributed by atoms with Gasteiger partial charge < -0.3 is 5.11 Å². The molecule has 0 atom stereocenters. The number of aliphatic imine (C=N–C) groups is 1. The first kappa shape index (κ1) is 17.3. The summed E-state index contributed by atoms with van der Waals surface area (Å²) in [5.74, 6) is 0.107. The van der Waals surface area contributed by atoms with Crippen LogP contribution in [0.3, 0.4) is 0 Å². The van der Waals surface area contributed by atoms with E-state index >= 15 is 0 Å². The second kappa shape index (κ2) is 7.62. The molecule has 0 saturated heterocycles. The predicted molar refractivity (Wildman–Crippen MR) is 108 cm³/mol. The van der Waals surface area contributed by atoms with Crippen LogP contribution in [0.1, 0.15) is 35.1 Å². The summed E-state index contributed by atoms with van der Waals surface area (Å²) in [5.41, 5.74) is 4.05. The van der Waals surface area contributed by atoms with E-state index in [0.717, 1.165) is 48.1 Å². The third-order valence-electron chi connectivity index (χ3n) is 5.08. The Kier molecular flexibility index (Phi) is 4.88. The van der Waals surface area contributed by atoms with Gasteiger partial charge in [-0.1, -0.05) is 48.5 Å². The summed E-state index contributed by atoms with van der Waals surface area (Å²) in [6, 6.07) is 19.3. The van der Waals surface area contributed by atoms with Crippen LogP contribution in [0.25, 0.3) is 0 Å². The maximum absolute atomic E-state index is 13.2. The van der Waals surface area contributed by atoms with Gasteiger partial charge in [0.25, 0.3) is 5.56 Å². The van der Waals surface area contributed by atoms with Crippen LogP contribution < -0.4 is 5.56 Å². The molecule has 136 valence electrons. The molecule has 4 heteroatoms. The summed E-state index contributed by atoms with van der Waals surface area (Å²) >= 11 is 0. The smallest absolute Gasteiger partial charge is 0.262 e. The Morgan fingerprint density at radius 1 is 0.926 bits per heavy atom. The molecule has 0 spiro atoms. The van der Waals surface area contributed by atoms with Crippen molar-refractivity contribution in [2.24, 2.45) is 4.99 Å². The Balaban J connectivity index is 1.83. The topological polar surface area (TPSA) is 54.6 Å². The molecule has 0 radical (unpaired) electrons.